The van der Waals surface area contributed by atoms with Crippen LogP contribution in [0.5, 0.6) is 5.75 Å². The highest BCUT2D eigenvalue weighted by Gasteiger charge is 2.17. The summed E-state index contributed by atoms with van der Waals surface area (Å²) in [6, 6.07) is 18.4. The van der Waals surface area contributed by atoms with Crippen molar-refractivity contribution in [2.45, 2.75) is 6.04 Å². The number of hydrogen-bond acceptors (Lipinski definition) is 4. The lowest BCUT2D eigenvalue weighted by Gasteiger charge is -2.31. The molecule has 0 radical (unpaired) electrons. The SMILES string of the molecule is Clc1ccc(OCCNC(CN2CCOCC2)c2ccccc2)cc1. The first kappa shape index (κ1) is 18.2. The van der Waals surface area contributed by atoms with Crippen LogP contribution in [-0.2, 0) is 4.74 Å². The van der Waals surface area contributed by atoms with Crippen LogP contribution in [0.2, 0.25) is 5.02 Å². The minimum Gasteiger partial charge on any atom is -0.492 e. The second-order valence-electron chi connectivity index (χ2n) is 6.13. The van der Waals surface area contributed by atoms with E-state index in [1.807, 2.05) is 24.3 Å². The van der Waals surface area contributed by atoms with Gasteiger partial charge < -0.3 is 14.8 Å². The van der Waals surface area contributed by atoms with E-state index in [0.717, 1.165) is 50.2 Å². The fourth-order valence-corrected chi connectivity index (χ4v) is 3.07. The van der Waals surface area contributed by atoms with E-state index < -0.39 is 0 Å². The molecule has 0 bridgehead atoms. The Morgan fingerprint density at radius 3 is 2.48 bits per heavy atom. The number of rotatable bonds is 8. The minimum atomic E-state index is 0.285. The molecular formula is C20H25ClN2O2. The largest absolute Gasteiger partial charge is 0.492 e. The lowest BCUT2D eigenvalue weighted by molar-refractivity contribution is 0.0332. The monoisotopic (exact) mass is 360 g/mol. The first-order valence-corrected chi connectivity index (χ1v) is 9.16. The smallest absolute Gasteiger partial charge is 0.119 e. The van der Waals surface area contributed by atoms with E-state index in [9.17, 15) is 0 Å². The van der Waals surface area contributed by atoms with Gasteiger partial charge >= 0.3 is 0 Å². The van der Waals surface area contributed by atoms with Crippen LogP contribution in [0.4, 0.5) is 0 Å². The molecule has 3 rings (SSSR count). The van der Waals surface area contributed by atoms with Gasteiger partial charge in [-0.2, -0.15) is 0 Å². The number of nitrogens with one attached hydrogen (secondary N) is 1. The summed E-state index contributed by atoms with van der Waals surface area (Å²) in [5.74, 6) is 0.843. The molecule has 2 aromatic carbocycles. The van der Waals surface area contributed by atoms with Crippen LogP contribution in [-0.4, -0.2) is 50.9 Å². The third-order valence-corrected chi connectivity index (χ3v) is 4.57. The fourth-order valence-electron chi connectivity index (χ4n) is 2.95. The van der Waals surface area contributed by atoms with Crippen molar-refractivity contribution in [1.82, 2.24) is 10.2 Å². The van der Waals surface area contributed by atoms with Crippen molar-refractivity contribution in [1.29, 1.82) is 0 Å². The second kappa shape index (κ2) is 9.78. The molecule has 5 heteroatoms. The van der Waals surface area contributed by atoms with Crippen molar-refractivity contribution in [3.8, 4) is 5.75 Å². The average Bonchev–Trinajstić information content (AvgIpc) is 2.67. The summed E-state index contributed by atoms with van der Waals surface area (Å²) in [6.45, 7) is 6.01. The van der Waals surface area contributed by atoms with Crippen LogP contribution in [0.15, 0.2) is 54.6 Å². The average molecular weight is 361 g/mol. The van der Waals surface area contributed by atoms with E-state index in [4.69, 9.17) is 21.1 Å². The molecule has 4 nitrogen and oxygen atoms in total. The molecular weight excluding hydrogens is 336 g/mol. The van der Waals surface area contributed by atoms with Gasteiger partial charge in [-0.15, -0.1) is 0 Å². The van der Waals surface area contributed by atoms with Gasteiger partial charge in [0.2, 0.25) is 0 Å². The summed E-state index contributed by atoms with van der Waals surface area (Å²) in [4.78, 5) is 2.45. The highest BCUT2D eigenvalue weighted by atomic mass is 35.5. The van der Waals surface area contributed by atoms with E-state index in [-0.39, 0.29) is 6.04 Å². The molecule has 1 fully saturated rings. The van der Waals surface area contributed by atoms with Crippen LogP contribution in [0, 0.1) is 0 Å². The Morgan fingerprint density at radius 1 is 1.04 bits per heavy atom. The Labute approximate surface area is 154 Å². The zero-order chi connectivity index (χ0) is 17.3. The third kappa shape index (κ3) is 6.01. The molecule has 1 saturated heterocycles. The van der Waals surface area contributed by atoms with Crippen LogP contribution in [0.25, 0.3) is 0 Å². The van der Waals surface area contributed by atoms with Crippen LogP contribution >= 0.6 is 11.6 Å². The maximum absolute atomic E-state index is 5.89. The Bertz CT molecular complexity index is 615. The molecule has 0 spiro atoms. The van der Waals surface area contributed by atoms with E-state index in [1.54, 1.807) is 0 Å². The van der Waals surface area contributed by atoms with E-state index in [1.165, 1.54) is 5.56 Å². The molecule has 1 N–H and O–H groups in total. The topological polar surface area (TPSA) is 33.7 Å². The fraction of sp³-hybridized carbons (Fsp3) is 0.400. The van der Waals surface area contributed by atoms with Gasteiger partial charge in [-0.25, -0.2) is 0 Å². The summed E-state index contributed by atoms with van der Waals surface area (Å²) in [6.07, 6.45) is 0. The molecule has 0 aliphatic carbocycles. The molecule has 0 saturated carbocycles. The zero-order valence-electron chi connectivity index (χ0n) is 14.4. The van der Waals surface area contributed by atoms with Gasteiger partial charge in [-0.1, -0.05) is 41.9 Å². The molecule has 134 valence electrons. The number of ether oxygens (including phenoxy) is 2. The molecule has 1 aliphatic rings. The predicted octanol–water partition coefficient (Wildman–Crippen LogP) is 3.38. The van der Waals surface area contributed by atoms with Gasteiger partial charge in [-0.05, 0) is 29.8 Å². The van der Waals surface area contributed by atoms with Gasteiger partial charge in [0.05, 0.1) is 13.2 Å². The highest BCUT2D eigenvalue weighted by molar-refractivity contribution is 6.30. The predicted molar refractivity (Wildman–Crippen MR) is 101 cm³/mol. The van der Waals surface area contributed by atoms with Crippen molar-refractivity contribution < 1.29 is 9.47 Å². The maximum Gasteiger partial charge on any atom is 0.119 e. The van der Waals surface area contributed by atoms with Crippen molar-refractivity contribution in [2.24, 2.45) is 0 Å². The van der Waals surface area contributed by atoms with Crippen LogP contribution in [0.3, 0.4) is 0 Å². The molecule has 1 aliphatic heterocycles. The summed E-state index contributed by atoms with van der Waals surface area (Å²) >= 11 is 5.89. The quantitative estimate of drug-likeness (QED) is 0.732. The summed E-state index contributed by atoms with van der Waals surface area (Å²) in [5.41, 5.74) is 1.31. The van der Waals surface area contributed by atoms with Crippen molar-refractivity contribution >= 4 is 11.6 Å². The Hall–Kier alpha value is -1.59. The first-order valence-electron chi connectivity index (χ1n) is 8.78. The van der Waals surface area contributed by atoms with Gasteiger partial charge in [-0.3, -0.25) is 4.90 Å². The number of nitrogens with zero attached hydrogens (tertiary/aromatic N) is 1. The standard InChI is InChI=1S/C20H25ClN2O2/c21-18-6-8-19(9-7-18)25-13-10-22-20(17-4-2-1-3-5-17)16-23-11-14-24-15-12-23/h1-9,20,22H,10-16H2. The normalized spacial score (nSPS) is 16.5. The van der Waals surface area contributed by atoms with E-state index in [0.29, 0.717) is 6.61 Å². The number of hydrogen-bond donors (Lipinski definition) is 1. The Morgan fingerprint density at radius 2 is 1.76 bits per heavy atom. The van der Waals surface area contributed by atoms with Gasteiger partial charge in [0.1, 0.15) is 12.4 Å². The van der Waals surface area contributed by atoms with Gasteiger partial charge in [0, 0.05) is 37.2 Å². The van der Waals surface area contributed by atoms with E-state index >= 15 is 0 Å². The van der Waals surface area contributed by atoms with Crippen molar-refractivity contribution in [3.63, 3.8) is 0 Å². The first-order chi connectivity index (χ1) is 12.3. The third-order valence-electron chi connectivity index (χ3n) is 4.32. The lowest BCUT2D eigenvalue weighted by Crippen LogP contribution is -2.42. The summed E-state index contributed by atoms with van der Waals surface area (Å²) in [5, 5.41) is 4.35. The number of morpholine rings is 1. The molecule has 1 atom stereocenters. The van der Waals surface area contributed by atoms with Gasteiger partial charge in [0.15, 0.2) is 0 Å². The minimum absolute atomic E-state index is 0.285. The van der Waals surface area contributed by atoms with Crippen LogP contribution in [0.1, 0.15) is 11.6 Å². The molecule has 25 heavy (non-hydrogen) atoms. The summed E-state index contributed by atoms with van der Waals surface area (Å²) in [7, 11) is 0. The Kier molecular flexibility index (Phi) is 7.12. The van der Waals surface area contributed by atoms with E-state index in [2.05, 4.69) is 40.5 Å². The maximum atomic E-state index is 5.89. The zero-order valence-corrected chi connectivity index (χ0v) is 15.1. The summed E-state index contributed by atoms with van der Waals surface area (Å²) < 4.78 is 11.2. The second-order valence-corrected chi connectivity index (χ2v) is 6.57. The highest BCUT2D eigenvalue weighted by Crippen LogP contribution is 2.17. The van der Waals surface area contributed by atoms with Gasteiger partial charge in [0.25, 0.3) is 0 Å². The molecule has 0 amide bonds. The molecule has 0 aromatic heterocycles. The molecule has 2 aromatic rings. The van der Waals surface area contributed by atoms with Crippen molar-refractivity contribution in [3.05, 3.63) is 65.2 Å². The number of benzene rings is 2. The van der Waals surface area contributed by atoms with Crippen molar-refractivity contribution in [2.75, 3.05) is 46.0 Å². The Balaban J connectivity index is 1.51. The lowest BCUT2D eigenvalue weighted by atomic mass is 10.1. The van der Waals surface area contributed by atoms with Crippen LogP contribution < -0.4 is 10.1 Å². The number of halogens is 1. The molecule has 1 heterocycles. The molecule has 1 unspecified atom stereocenters.